The van der Waals surface area contributed by atoms with E-state index >= 15 is 0 Å². The number of nitrogens with zero attached hydrogens (tertiary/aromatic N) is 3. The molecule has 222 valence electrons. The Hall–Kier alpha value is -4.97. The van der Waals surface area contributed by atoms with Gasteiger partial charge in [0, 0.05) is 10.6 Å². The molecule has 1 aromatic heterocycles. The molecule has 0 bridgehead atoms. The van der Waals surface area contributed by atoms with E-state index in [1.165, 1.54) is 4.80 Å². The molecule has 0 aliphatic carbocycles. The zero-order valence-electron chi connectivity index (χ0n) is 24.4. The van der Waals surface area contributed by atoms with Gasteiger partial charge < -0.3 is 14.7 Å². The Morgan fingerprint density at radius 1 is 0.543 bits per heavy atom. The van der Waals surface area contributed by atoms with Crippen molar-refractivity contribution in [2.75, 3.05) is 0 Å². The second-order valence-corrected chi connectivity index (χ2v) is 10.1. The van der Waals surface area contributed by atoms with Gasteiger partial charge in [0.15, 0.2) is 5.75 Å². The van der Waals surface area contributed by atoms with E-state index in [9.17, 15) is 14.7 Å². The van der Waals surface area contributed by atoms with Crippen LogP contribution in [0, 0.1) is 0 Å². The Balaban J connectivity index is 0.000000231. The molecular weight excluding hydrogens is 673 g/mol. The zero-order chi connectivity index (χ0) is 31.4. The van der Waals surface area contributed by atoms with Crippen molar-refractivity contribution in [1.29, 1.82) is 0 Å². The van der Waals surface area contributed by atoms with E-state index in [0.717, 1.165) is 22.3 Å². The molecule has 0 atom stereocenters. The first-order chi connectivity index (χ1) is 22.1. The second-order valence-electron chi connectivity index (χ2n) is 9.64. The summed E-state index contributed by atoms with van der Waals surface area (Å²) in [5.41, 5.74) is 6.91. The van der Waals surface area contributed by atoms with Gasteiger partial charge in [0.2, 0.25) is 0 Å². The van der Waals surface area contributed by atoms with Gasteiger partial charge in [-0.1, -0.05) is 90.5 Å². The number of benzene rings is 6. The number of para-hydroxylation sites is 1. The van der Waals surface area contributed by atoms with Crippen LogP contribution in [0.15, 0.2) is 152 Å². The van der Waals surface area contributed by atoms with Crippen LogP contribution < -0.4 is 0 Å². The maximum absolute atomic E-state index is 11.1. The summed E-state index contributed by atoms with van der Waals surface area (Å²) in [6, 6.07) is 46.9. The molecule has 7 aromatic rings. The van der Waals surface area contributed by atoms with Crippen LogP contribution in [0.25, 0.3) is 39.0 Å². The fourth-order valence-corrected chi connectivity index (χ4v) is 4.67. The SMILES string of the molecule is O=[C-]c1ccccc1.O=[C-]c1ccccc1.Oc1c(-c2ccccc2-c2ccccc2)cccc1-n1nc2ccc(Cl)cc2n1.[Zr+2]. The number of aromatic hydroxyl groups is 1. The summed E-state index contributed by atoms with van der Waals surface area (Å²) in [5.74, 6) is 0.127. The molecular formula is C38H26ClN3O3Zr. The van der Waals surface area contributed by atoms with E-state index in [1.54, 1.807) is 79.3 Å². The zero-order valence-corrected chi connectivity index (χ0v) is 27.6. The van der Waals surface area contributed by atoms with Gasteiger partial charge in [-0.25, -0.2) is 0 Å². The molecule has 8 heteroatoms. The summed E-state index contributed by atoms with van der Waals surface area (Å²) in [7, 11) is 0. The Morgan fingerprint density at radius 3 is 1.61 bits per heavy atom. The van der Waals surface area contributed by atoms with Gasteiger partial charge in [-0.3, -0.25) is 0 Å². The quantitative estimate of drug-likeness (QED) is 0.183. The van der Waals surface area contributed by atoms with Crippen molar-refractivity contribution in [2.45, 2.75) is 0 Å². The molecule has 1 heterocycles. The van der Waals surface area contributed by atoms with Gasteiger partial charge in [0.05, 0.1) is 12.6 Å². The molecule has 6 nitrogen and oxygen atoms in total. The van der Waals surface area contributed by atoms with E-state index in [-0.39, 0.29) is 32.0 Å². The van der Waals surface area contributed by atoms with Crippen molar-refractivity contribution in [3.8, 4) is 33.7 Å². The topological polar surface area (TPSA) is 85.1 Å². The molecule has 0 spiro atoms. The van der Waals surface area contributed by atoms with Gasteiger partial charge in [0.25, 0.3) is 0 Å². The number of phenols is 1. The fraction of sp³-hybridized carbons (Fsp3) is 0. The molecule has 0 radical (unpaired) electrons. The van der Waals surface area contributed by atoms with Crippen LogP contribution in [0.3, 0.4) is 0 Å². The number of rotatable bonds is 5. The molecule has 0 aliphatic rings. The summed E-state index contributed by atoms with van der Waals surface area (Å²) in [4.78, 5) is 21.2. The van der Waals surface area contributed by atoms with Gasteiger partial charge in [0.1, 0.15) is 16.7 Å². The predicted octanol–water partition coefficient (Wildman–Crippen LogP) is 8.40. The van der Waals surface area contributed by atoms with Crippen LogP contribution in [0.5, 0.6) is 5.75 Å². The van der Waals surface area contributed by atoms with Gasteiger partial charge in [-0.15, -0.1) is 39.3 Å². The third-order valence-corrected chi connectivity index (χ3v) is 6.89. The molecule has 7 rings (SSSR count). The minimum Gasteiger partial charge on any atom is -0.505 e. The van der Waals surface area contributed by atoms with Crippen LogP contribution in [0.2, 0.25) is 5.02 Å². The fourth-order valence-electron chi connectivity index (χ4n) is 4.51. The van der Waals surface area contributed by atoms with Crippen molar-refractivity contribution in [1.82, 2.24) is 15.0 Å². The Morgan fingerprint density at radius 2 is 1.04 bits per heavy atom. The Labute approximate surface area is 291 Å². The van der Waals surface area contributed by atoms with Crippen LogP contribution in [-0.2, 0) is 35.8 Å². The average Bonchev–Trinajstić information content (AvgIpc) is 3.53. The summed E-state index contributed by atoms with van der Waals surface area (Å²) < 4.78 is 0. The van der Waals surface area contributed by atoms with Crippen molar-refractivity contribution in [2.24, 2.45) is 0 Å². The molecule has 0 saturated heterocycles. The third-order valence-electron chi connectivity index (χ3n) is 6.66. The summed E-state index contributed by atoms with van der Waals surface area (Å²) in [6.45, 7) is 0. The maximum Gasteiger partial charge on any atom is 2.00 e. The number of carbonyl (C=O) groups excluding carboxylic acids is 2. The van der Waals surface area contributed by atoms with Gasteiger partial charge in [-0.2, -0.15) is 35.4 Å². The average molecular weight is 699 g/mol. The molecule has 46 heavy (non-hydrogen) atoms. The number of halogens is 1. The molecule has 1 N–H and O–H groups in total. The Kier molecular flexibility index (Phi) is 12.5. The van der Waals surface area contributed by atoms with Crippen molar-refractivity contribution in [3.05, 3.63) is 168 Å². The predicted molar refractivity (Wildman–Crippen MR) is 179 cm³/mol. The van der Waals surface area contributed by atoms with Gasteiger partial charge >= 0.3 is 26.2 Å². The first-order valence-electron chi connectivity index (χ1n) is 13.9. The molecule has 0 unspecified atom stereocenters. The monoisotopic (exact) mass is 697 g/mol. The van der Waals surface area contributed by atoms with Crippen LogP contribution >= 0.6 is 11.6 Å². The number of phenolic OH excluding ortho intramolecular Hbond substituents is 1. The first-order valence-corrected chi connectivity index (χ1v) is 14.3. The standard InChI is InChI=1S/C24H16ClN3O.2C7H5O.Zr/c25-17-13-14-21-22(15-17)27-28(26-21)23-12-6-11-20(24(23)29)19-10-5-4-9-18(19)16-7-2-1-3-8-16;2*8-6-7-4-2-1-3-5-7;/h1-15,29H;2*1-5H;/q;2*-1;+2. The second kappa shape index (κ2) is 16.9. The minimum absolute atomic E-state index is 0. The largest absolute Gasteiger partial charge is 2.00 e. The Bertz CT molecular complexity index is 1980. The molecule has 0 saturated carbocycles. The minimum atomic E-state index is 0. The number of fused-ring (bicyclic) bond motifs is 1. The van der Waals surface area contributed by atoms with Crippen molar-refractivity contribution >= 4 is 35.2 Å². The summed E-state index contributed by atoms with van der Waals surface area (Å²) in [5, 5.41) is 20.7. The number of hydrogen-bond acceptors (Lipinski definition) is 5. The van der Waals surface area contributed by atoms with E-state index in [1.807, 2.05) is 66.7 Å². The van der Waals surface area contributed by atoms with Crippen molar-refractivity contribution < 1.29 is 40.9 Å². The molecule has 6 aromatic carbocycles. The van der Waals surface area contributed by atoms with Crippen molar-refractivity contribution in [3.63, 3.8) is 0 Å². The molecule has 0 amide bonds. The third kappa shape index (κ3) is 8.60. The van der Waals surface area contributed by atoms with Crippen LogP contribution in [0.4, 0.5) is 0 Å². The van der Waals surface area contributed by atoms with E-state index in [2.05, 4.69) is 28.4 Å². The smallest absolute Gasteiger partial charge is 0.505 e. The summed E-state index contributed by atoms with van der Waals surface area (Å²) >= 11 is 6.06. The van der Waals surface area contributed by atoms with Crippen LogP contribution in [-0.4, -0.2) is 32.7 Å². The first kappa shape index (κ1) is 33.9. The molecule has 0 aliphatic heterocycles. The maximum atomic E-state index is 11.1. The number of aromatic nitrogens is 3. The van der Waals surface area contributed by atoms with E-state index in [0.29, 0.717) is 32.9 Å². The van der Waals surface area contributed by atoms with E-state index < -0.39 is 0 Å². The van der Waals surface area contributed by atoms with Crippen LogP contribution in [0.1, 0.15) is 11.1 Å². The number of hydrogen-bond donors (Lipinski definition) is 1. The van der Waals surface area contributed by atoms with Gasteiger partial charge in [-0.05, 0) is 41.0 Å². The molecule has 0 fully saturated rings. The van der Waals surface area contributed by atoms with E-state index in [4.69, 9.17) is 11.6 Å². The summed E-state index contributed by atoms with van der Waals surface area (Å²) in [6.07, 6.45) is 3.55. The normalized spacial score (nSPS) is 9.93.